The minimum Gasteiger partial charge on any atom is -0.248 e. The highest BCUT2D eigenvalue weighted by molar-refractivity contribution is 6.22. The Balaban J connectivity index is 1.18. The Bertz CT molecular complexity index is 3080. The molecule has 0 saturated carbocycles. The van der Waals surface area contributed by atoms with E-state index in [1.807, 2.05) is 0 Å². The number of rotatable bonds is 4. The smallest absolute Gasteiger partial charge is 0.0715 e. The van der Waals surface area contributed by atoms with Gasteiger partial charge in [0.25, 0.3) is 0 Å². The van der Waals surface area contributed by atoms with E-state index in [0.29, 0.717) is 0 Å². The Labute approximate surface area is 312 Å². The van der Waals surface area contributed by atoms with Gasteiger partial charge >= 0.3 is 0 Å². The number of aromatic nitrogens is 2. The summed E-state index contributed by atoms with van der Waals surface area (Å²) in [6.07, 6.45) is 0. The lowest BCUT2D eigenvalue weighted by Crippen LogP contribution is -1.94. The second-order valence-corrected chi connectivity index (χ2v) is 14.2. The van der Waals surface area contributed by atoms with Gasteiger partial charge in [-0.1, -0.05) is 146 Å². The number of hydrogen-bond donors (Lipinski definition) is 0. The molecule has 2 heteroatoms. The fraction of sp³-hybridized carbons (Fsp3) is 0. The van der Waals surface area contributed by atoms with Crippen molar-refractivity contribution in [3.05, 3.63) is 194 Å². The van der Waals surface area contributed by atoms with Crippen LogP contribution in [0.2, 0.25) is 0 Å². The van der Waals surface area contributed by atoms with Gasteiger partial charge in [0.05, 0.1) is 22.4 Å². The van der Waals surface area contributed by atoms with Crippen LogP contribution in [0.4, 0.5) is 0 Å². The summed E-state index contributed by atoms with van der Waals surface area (Å²) in [5.41, 5.74) is 10.9. The maximum atomic E-state index is 5.24. The minimum absolute atomic E-state index is 0.960. The molecule has 11 aromatic rings. The van der Waals surface area contributed by atoms with Crippen molar-refractivity contribution in [1.82, 2.24) is 9.97 Å². The van der Waals surface area contributed by atoms with Gasteiger partial charge in [0.1, 0.15) is 0 Å². The molecule has 9 aromatic carbocycles. The molecule has 0 radical (unpaired) electrons. The quantitative estimate of drug-likeness (QED) is 0.172. The van der Waals surface area contributed by atoms with Crippen molar-refractivity contribution in [2.24, 2.45) is 0 Å². The second-order valence-electron chi connectivity index (χ2n) is 14.2. The average Bonchev–Trinajstić information content (AvgIpc) is 3.23. The molecular formula is C52H32N2. The van der Waals surface area contributed by atoms with Crippen molar-refractivity contribution >= 4 is 64.9 Å². The zero-order valence-electron chi connectivity index (χ0n) is 29.4. The van der Waals surface area contributed by atoms with Crippen LogP contribution in [0.25, 0.3) is 110 Å². The van der Waals surface area contributed by atoms with Crippen molar-refractivity contribution < 1.29 is 0 Å². The highest BCUT2D eigenvalue weighted by Crippen LogP contribution is 2.46. The lowest BCUT2D eigenvalue weighted by molar-refractivity contribution is 1.41. The SMILES string of the molecule is c1ccc(-c2c3ccc(-c4ccc5cc6ccccc6cc5n4)cc3c(-c3ccccc3)c3cc(-c4ccc5cc6ccccc6cc5n4)ccc23)cc1. The van der Waals surface area contributed by atoms with Gasteiger partial charge in [-0.15, -0.1) is 0 Å². The summed E-state index contributed by atoms with van der Waals surface area (Å²) in [6, 6.07) is 70.0. The van der Waals surface area contributed by atoms with E-state index in [0.717, 1.165) is 44.3 Å². The molecule has 0 atom stereocenters. The molecule has 0 saturated heterocycles. The van der Waals surface area contributed by atoms with Crippen molar-refractivity contribution in [3.8, 4) is 44.8 Å². The topological polar surface area (TPSA) is 25.8 Å². The summed E-state index contributed by atoms with van der Waals surface area (Å²) >= 11 is 0. The number of benzene rings is 9. The Morgan fingerprint density at radius 2 is 0.630 bits per heavy atom. The van der Waals surface area contributed by atoms with Crippen molar-refractivity contribution in [3.63, 3.8) is 0 Å². The third-order valence-electron chi connectivity index (χ3n) is 10.9. The molecular weight excluding hydrogens is 653 g/mol. The van der Waals surface area contributed by atoms with E-state index in [1.54, 1.807) is 0 Å². The van der Waals surface area contributed by atoms with Gasteiger partial charge in [0, 0.05) is 21.9 Å². The molecule has 2 heterocycles. The fourth-order valence-corrected chi connectivity index (χ4v) is 8.32. The first-order valence-corrected chi connectivity index (χ1v) is 18.5. The Morgan fingerprint density at radius 3 is 1.07 bits per heavy atom. The monoisotopic (exact) mass is 684 g/mol. The van der Waals surface area contributed by atoms with Crippen LogP contribution < -0.4 is 0 Å². The zero-order valence-corrected chi connectivity index (χ0v) is 29.4. The lowest BCUT2D eigenvalue weighted by Gasteiger charge is -2.19. The number of hydrogen-bond acceptors (Lipinski definition) is 2. The molecule has 0 aliphatic carbocycles. The van der Waals surface area contributed by atoms with Crippen LogP contribution >= 0.6 is 0 Å². The molecule has 250 valence electrons. The van der Waals surface area contributed by atoms with Gasteiger partial charge in [-0.25, -0.2) is 9.97 Å². The summed E-state index contributed by atoms with van der Waals surface area (Å²) < 4.78 is 0. The van der Waals surface area contributed by atoms with E-state index >= 15 is 0 Å². The molecule has 0 unspecified atom stereocenters. The maximum Gasteiger partial charge on any atom is 0.0715 e. The van der Waals surface area contributed by atoms with E-state index in [2.05, 4.69) is 194 Å². The van der Waals surface area contributed by atoms with E-state index in [1.165, 1.54) is 65.3 Å². The third kappa shape index (κ3) is 5.03. The molecule has 2 aromatic heterocycles. The van der Waals surface area contributed by atoms with Crippen LogP contribution in [0.5, 0.6) is 0 Å². The first-order valence-electron chi connectivity index (χ1n) is 18.5. The van der Waals surface area contributed by atoms with Crippen molar-refractivity contribution in [2.75, 3.05) is 0 Å². The van der Waals surface area contributed by atoms with Crippen LogP contribution in [0.15, 0.2) is 194 Å². The summed E-state index contributed by atoms with van der Waals surface area (Å²) in [5.74, 6) is 0. The van der Waals surface area contributed by atoms with Crippen LogP contribution in [-0.2, 0) is 0 Å². The van der Waals surface area contributed by atoms with E-state index < -0.39 is 0 Å². The van der Waals surface area contributed by atoms with Gasteiger partial charge in [0.2, 0.25) is 0 Å². The molecule has 54 heavy (non-hydrogen) atoms. The molecule has 0 aliphatic heterocycles. The van der Waals surface area contributed by atoms with Crippen LogP contribution in [-0.4, -0.2) is 9.97 Å². The number of pyridine rings is 2. The first-order chi connectivity index (χ1) is 26.7. The molecule has 0 spiro atoms. The minimum atomic E-state index is 0.960. The standard InChI is InChI=1S/C52H32N2/c1-3-11-33(12-4-1)51-43-23-19-41(47-25-21-39-27-35-15-7-9-17-37(35)31-49(39)53-47)29-45(43)52(34-13-5-2-6-14-34)46-30-42(20-24-44(46)51)48-26-22-40-28-36-16-8-10-18-38(36)32-50(40)54-48/h1-32H. The molecule has 0 bridgehead atoms. The lowest BCUT2D eigenvalue weighted by atomic mass is 9.84. The molecule has 0 aliphatic rings. The van der Waals surface area contributed by atoms with Crippen LogP contribution in [0.3, 0.4) is 0 Å². The molecule has 0 N–H and O–H groups in total. The van der Waals surface area contributed by atoms with E-state index in [9.17, 15) is 0 Å². The van der Waals surface area contributed by atoms with Crippen LogP contribution in [0, 0.1) is 0 Å². The third-order valence-corrected chi connectivity index (χ3v) is 10.9. The summed E-state index contributed by atoms with van der Waals surface area (Å²) in [4.78, 5) is 10.5. The second kappa shape index (κ2) is 12.2. The van der Waals surface area contributed by atoms with Crippen molar-refractivity contribution in [2.45, 2.75) is 0 Å². The van der Waals surface area contributed by atoms with Gasteiger partial charge in [0.15, 0.2) is 0 Å². The molecule has 0 fully saturated rings. The zero-order chi connectivity index (χ0) is 35.6. The Morgan fingerprint density at radius 1 is 0.241 bits per heavy atom. The highest BCUT2D eigenvalue weighted by atomic mass is 14.7. The molecule has 11 rings (SSSR count). The van der Waals surface area contributed by atoms with Gasteiger partial charge in [-0.05, 0) is 114 Å². The molecule has 0 amide bonds. The maximum absolute atomic E-state index is 5.24. The van der Waals surface area contributed by atoms with Crippen molar-refractivity contribution in [1.29, 1.82) is 0 Å². The van der Waals surface area contributed by atoms with Gasteiger partial charge in [-0.2, -0.15) is 0 Å². The van der Waals surface area contributed by atoms with E-state index in [-0.39, 0.29) is 0 Å². The molecule has 2 nitrogen and oxygen atoms in total. The fourth-order valence-electron chi connectivity index (χ4n) is 8.32. The predicted molar refractivity (Wildman–Crippen MR) is 229 cm³/mol. The Kier molecular flexibility index (Phi) is 6.90. The number of fused-ring (bicyclic) bond motifs is 6. The largest absolute Gasteiger partial charge is 0.248 e. The summed E-state index contributed by atoms with van der Waals surface area (Å²) in [7, 11) is 0. The summed E-state index contributed by atoms with van der Waals surface area (Å²) in [5, 5.41) is 12.0. The normalized spacial score (nSPS) is 11.7. The summed E-state index contributed by atoms with van der Waals surface area (Å²) in [6.45, 7) is 0. The van der Waals surface area contributed by atoms with Gasteiger partial charge in [-0.3, -0.25) is 0 Å². The van der Waals surface area contributed by atoms with E-state index in [4.69, 9.17) is 9.97 Å². The van der Waals surface area contributed by atoms with Crippen LogP contribution in [0.1, 0.15) is 0 Å². The predicted octanol–water partition coefficient (Wildman–Crippen LogP) is 14.1. The van der Waals surface area contributed by atoms with Gasteiger partial charge < -0.3 is 0 Å². The highest BCUT2D eigenvalue weighted by Gasteiger charge is 2.19. The average molecular weight is 685 g/mol. The number of nitrogens with zero attached hydrogens (tertiary/aromatic N) is 2. The Hall–Kier alpha value is -7.16. The first kappa shape index (κ1) is 30.5.